The van der Waals surface area contributed by atoms with E-state index in [1.807, 2.05) is 18.2 Å². The number of fused-ring (bicyclic) bond motifs is 1. The number of hydrogen-bond donors (Lipinski definition) is 2. The van der Waals surface area contributed by atoms with Crippen LogP contribution in [0.25, 0.3) is 26.6 Å². The van der Waals surface area contributed by atoms with Crippen LogP contribution in [0.1, 0.15) is 22.8 Å². The Morgan fingerprint density at radius 3 is 2.45 bits per heavy atom. The highest BCUT2D eigenvalue weighted by Crippen LogP contribution is 2.48. The quantitative estimate of drug-likeness (QED) is 0.274. The normalized spacial score (nSPS) is 11.1. The van der Waals surface area contributed by atoms with E-state index in [1.165, 1.54) is 24.3 Å². The van der Waals surface area contributed by atoms with Gasteiger partial charge < -0.3 is 14.9 Å². The Balaban J connectivity index is 1.81. The molecule has 1 aromatic heterocycles. The molecule has 3 aromatic carbocycles. The van der Waals surface area contributed by atoms with Crippen LogP contribution in [0.5, 0.6) is 17.2 Å². The highest BCUT2D eigenvalue weighted by Gasteiger charge is 2.20. The summed E-state index contributed by atoms with van der Waals surface area (Å²) in [4.78, 5) is 23.7. The number of ether oxygens (including phenoxy) is 1. The van der Waals surface area contributed by atoms with Crippen molar-refractivity contribution in [3.8, 4) is 27.7 Å². The van der Waals surface area contributed by atoms with Gasteiger partial charge in [-0.05, 0) is 48.9 Å². The van der Waals surface area contributed by atoms with Crippen LogP contribution >= 0.6 is 11.3 Å². The SMILES string of the molecule is CC(=O)c1ccccc1-c1sc2cc(O)ccc2c1Oc1ccc(/C=C/C(=O)O)cc1. The van der Waals surface area contributed by atoms with Crippen LogP contribution in [0.15, 0.2) is 72.8 Å². The zero-order chi connectivity index (χ0) is 22.0. The lowest BCUT2D eigenvalue weighted by Crippen LogP contribution is -1.95. The third kappa shape index (κ3) is 4.34. The monoisotopic (exact) mass is 430 g/mol. The number of aromatic hydroxyl groups is 1. The van der Waals surface area contributed by atoms with E-state index in [0.29, 0.717) is 17.1 Å². The molecule has 0 saturated carbocycles. The van der Waals surface area contributed by atoms with Crippen LogP contribution in [0.2, 0.25) is 0 Å². The topological polar surface area (TPSA) is 83.8 Å². The molecule has 0 fully saturated rings. The molecule has 0 radical (unpaired) electrons. The largest absolute Gasteiger partial charge is 0.508 e. The summed E-state index contributed by atoms with van der Waals surface area (Å²) >= 11 is 1.44. The summed E-state index contributed by atoms with van der Waals surface area (Å²) < 4.78 is 7.09. The first-order valence-corrected chi connectivity index (χ1v) is 10.3. The number of phenolic OH excluding ortho intramolecular Hbond substituents is 1. The third-order valence-electron chi connectivity index (χ3n) is 4.70. The number of thiophene rings is 1. The first-order chi connectivity index (χ1) is 14.9. The van der Waals surface area contributed by atoms with Crippen molar-refractivity contribution in [2.45, 2.75) is 6.92 Å². The van der Waals surface area contributed by atoms with Crippen molar-refractivity contribution in [3.05, 3.63) is 83.9 Å². The van der Waals surface area contributed by atoms with Crippen LogP contribution in [0, 0.1) is 0 Å². The molecule has 31 heavy (non-hydrogen) atoms. The number of carboxylic acids is 1. The third-order valence-corrected chi connectivity index (χ3v) is 5.86. The molecule has 0 bridgehead atoms. The fourth-order valence-corrected chi connectivity index (χ4v) is 4.46. The summed E-state index contributed by atoms with van der Waals surface area (Å²) in [5.41, 5.74) is 2.10. The number of hydrogen-bond acceptors (Lipinski definition) is 5. The molecule has 0 aliphatic heterocycles. The zero-order valence-corrected chi connectivity index (χ0v) is 17.3. The fraction of sp³-hybridized carbons (Fsp3) is 0.0400. The second kappa shape index (κ2) is 8.45. The number of aliphatic carboxylic acids is 1. The Morgan fingerprint density at radius 2 is 1.74 bits per heavy atom. The number of carboxylic acid groups (broad SMARTS) is 1. The van der Waals surface area contributed by atoms with Gasteiger partial charge in [-0.3, -0.25) is 4.79 Å². The van der Waals surface area contributed by atoms with Crippen molar-refractivity contribution >= 4 is 39.3 Å². The van der Waals surface area contributed by atoms with Crippen molar-refractivity contribution in [2.24, 2.45) is 0 Å². The van der Waals surface area contributed by atoms with Gasteiger partial charge in [0.05, 0.1) is 4.88 Å². The molecule has 5 nitrogen and oxygen atoms in total. The predicted molar refractivity (Wildman–Crippen MR) is 122 cm³/mol. The van der Waals surface area contributed by atoms with Crippen molar-refractivity contribution in [2.75, 3.05) is 0 Å². The maximum absolute atomic E-state index is 12.2. The maximum Gasteiger partial charge on any atom is 0.328 e. The molecule has 0 aliphatic rings. The molecule has 154 valence electrons. The lowest BCUT2D eigenvalue weighted by molar-refractivity contribution is -0.131. The van der Waals surface area contributed by atoms with Crippen LogP contribution in [-0.4, -0.2) is 22.0 Å². The van der Waals surface area contributed by atoms with Gasteiger partial charge in [0, 0.05) is 27.3 Å². The summed E-state index contributed by atoms with van der Waals surface area (Å²) in [5.74, 6) is 0.268. The van der Waals surface area contributed by atoms with Gasteiger partial charge in [0.15, 0.2) is 11.5 Å². The van der Waals surface area contributed by atoms with E-state index in [1.54, 1.807) is 48.5 Å². The average molecular weight is 430 g/mol. The van der Waals surface area contributed by atoms with Gasteiger partial charge in [0.1, 0.15) is 11.5 Å². The van der Waals surface area contributed by atoms with Crippen LogP contribution in [-0.2, 0) is 4.79 Å². The van der Waals surface area contributed by atoms with Crippen LogP contribution in [0.3, 0.4) is 0 Å². The summed E-state index contributed by atoms with van der Waals surface area (Å²) in [5, 5.41) is 19.5. The van der Waals surface area contributed by atoms with Crippen molar-refractivity contribution < 1.29 is 24.5 Å². The number of ketones is 1. The van der Waals surface area contributed by atoms with E-state index in [2.05, 4.69) is 0 Å². The molecular weight excluding hydrogens is 412 g/mol. The summed E-state index contributed by atoms with van der Waals surface area (Å²) in [6.07, 6.45) is 2.58. The average Bonchev–Trinajstić information content (AvgIpc) is 3.10. The van der Waals surface area contributed by atoms with E-state index in [0.717, 1.165) is 32.2 Å². The molecule has 4 aromatic rings. The second-order valence-electron chi connectivity index (χ2n) is 6.89. The van der Waals surface area contributed by atoms with E-state index in [9.17, 15) is 14.7 Å². The number of carbonyl (C=O) groups excluding carboxylic acids is 1. The van der Waals surface area contributed by atoms with Crippen molar-refractivity contribution in [3.63, 3.8) is 0 Å². The highest BCUT2D eigenvalue weighted by atomic mass is 32.1. The van der Waals surface area contributed by atoms with Gasteiger partial charge in [-0.1, -0.05) is 36.4 Å². The van der Waals surface area contributed by atoms with Gasteiger partial charge in [0.2, 0.25) is 0 Å². The Labute approximate surface area is 182 Å². The molecule has 2 N–H and O–H groups in total. The molecular formula is C25H18O5S. The van der Waals surface area contributed by atoms with E-state index < -0.39 is 5.97 Å². The van der Waals surface area contributed by atoms with Gasteiger partial charge >= 0.3 is 5.97 Å². The molecule has 0 atom stereocenters. The molecule has 0 amide bonds. The Bertz CT molecular complexity index is 1320. The number of phenols is 1. The second-order valence-corrected chi connectivity index (χ2v) is 7.94. The number of rotatable bonds is 6. The fourth-order valence-electron chi connectivity index (χ4n) is 3.26. The van der Waals surface area contributed by atoms with Gasteiger partial charge in [-0.2, -0.15) is 0 Å². The Morgan fingerprint density at radius 1 is 1.00 bits per heavy atom. The summed E-state index contributed by atoms with van der Waals surface area (Å²) in [6.45, 7) is 1.53. The zero-order valence-electron chi connectivity index (χ0n) is 16.5. The van der Waals surface area contributed by atoms with Crippen molar-refractivity contribution in [1.82, 2.24) is 0 Å². The van der Waals surface area contributed by atoms with E-state index in [-0.39, 0.29) is 11.5 Å². The van der Waals surface area contributed by atoms with E-state index in [4.69, 9.17) is 9.84 Å². The Kier molecular flexibility index (Phi) is 5.56. The summed E-state index contributed by atoms with van der Waals surface area (Å²) in [7, 11) is 0. The van der Waals surface area contributed by atoms with Crippen molar-refractivity contribution in [1.29, 1.82) is 0 Å². The highest BCUT2D eigenvalue weighted by molar-refractivity contribution is 7.22. The number of benzene rings is 3. The minimum absolute atomic E-state index is 0.0450. The van der Waals surface area contributed by atoms with Gasteiger partial charge in [0.25, 0.3) is 0 Å². The van der Waals surface area contributed by atoms with Gasteiger partial charge in [-0.15, -0.1) is 11.3 Å². The van der Waals surface area contributed by atoms with E-state index >= 15 is 0 Å². The molecule has 0 unspecified atom stereocenters. The lowest BCUT2D eigenvalue weighted by atomic mass is 10.0. The predicted octanol–water partition coefficient (Wildman–Crippen LogP) is 6.37. The molecule has 4 rings (SSSR count). The molecule has 0 spiro atoms. The summed E-state index contributed by atoms with van der Waals surface area (Å²) in [6, 6.07) is 19.5. The standard InChI is InChI=1S/C25H18O5S/c1-15(26)19-4-2-3-5-20(19)25-24(21-12-9-17(27)14-22(21)31-25)30-18-10-6-16(7-11-18)8-13-23(28)29/h2-14,27H,1H3,(H,28,29)/b13-8+. The smallest absolute Gasteiger partial charge is 0.328 e. The first kappa shape index (κ1) is 20.4. The molecule has 6 heteroatoms. The number of carbonyl (C=O) groups is 2. The lowest BCUT2D eigenvalue weighted by Gasteiger charge is -2.10. The Hall–Kier alpha value is -3.90. The van der Waals surface area contributed by atoms with Gasteiger partial charge in [-0.25, -0.2) is 4.79 Å². The van der Waals surface area contributed by atoms with Crippen LogP contribution < -0.4 is 4.74 Å². The minimum Gasteiger partial charge on any atom is -0.508 e. The molecule has 0 aliphatic carbocycles. The first-order valence-electron chi connectivity index (χ1n) is 9.47. The minimum atomic E-state index is -1.01. The molecule has 1 heterocycles. The maximum atomic E-state index is 12.2. The molecule has 0 saturated heterocycles. The van der Waals surface area contributed by atoms with Crippen LogP contribution in [0.4, 0.5) is 0 Å². The number of Topliss-reactive ketones (excluding diaryl/α,β-unsaturated/α-hetero) is 1.